The molecule has 1 nitrogen and oxygen atoms in total. The SMILES string of the molecule is [2H]c1cscn1. The highest BCUT2D eigenvalue weighted by Crippen LogP contribution is 1.85. The zero-order valence-corrected chi connectivity index (χ0v) is 3.33. The predicted molar refractivity (Wildman–Crippen MR) is 22.1 cm³/mol. The van der Waals surface area contributed by atoms with Crippen LogP contribution in [0.5, 0.6) is 0 Å². The van der Waals surface area contributed by atoms with E-state index >= 15 is 0 Å². The highest BCUT2D eigenvalue weighted by atomic mass is 32.1. The molecule has 1 heterocycles. The molecule has 1 aromatic heterocycles. The molecule has 0 saturated heterocycles. The summed E-state index contributed by atoms with van der Waals surface area (Å²) in [5.41, 5.74) is 1.64. The van der Waals surface area contributed by atoms with Crippen LogP contribution in [0.3, 0.4) is 0 Å². The number of nitrogens with zero attached hydrogens (tertiary/aromatic N) is 1. The van der Waals surface area contributed by atoms with Crippen molar-refractivity contribution >= 4 is 11.3 Å². The summed E-state index contributed by atoms with van der Waals surface area (Å²) >= 11 is 1.44. The molecule has 1 aromatic rings. The Kier molecular flexibility index (Phi) is 0.451. The Morgan fingerprint density at radius 1 is 2.00 bits per heavy atom. The second kappa shape index (κ2) is 1.17. The molecule has 0 aromatic carbocycles. The summed E-state index contributed by atoms with van der Waals surface area (Å²) < 4.78 is 6.77. The minimum absolute atomic E-state index is 0.361. The molecule has 0 radical (unpaired) electrons. The lowest BCUT2D eigenvalue weighted by molar-refractivity contribution is 1.43. The van der Waals surface area contributed by atoms with Crippen molar-refractivity contribution in [3.8, 4) is 0 Å². The summed E-state index contributed by atoms with van der Waals surface area (Å²) in [6, 6.07) is 0. The van der Waals surface area contributed by atoms with Crippen molar-refractivity contribution in [2.24, 2.45) is 0 Å². The molecule has 0 atom stereocenters. The molecule has 1 rings (SSSR count). The molecule has 5 heavy (non-hydrogen) atoms. The maximum absolute atomic E-state index is 6.77. The van der Waals surface area contributed by atoms with Gasteiger partial charge in [-0.3, -0.25) is 4.98 Å². The Hall–Kier alpha value is -0.370. The van der Waals surface area contributed by atoms with E-state index in [1.807, 2.05) is 0 Å². The van der Waals surface area contributed by atoms with Crippen molar-refractivity contribution in [1.29, 1.82) is 0 Å². The molecule has 0 aliphatic heterocycles. The van der Waals surface area contributed by atoms with Gasteiger partial charge >= 0.3 is 0 Å². The molecule has 0 unspecified atom stereocenters. The van der Waals surface area contributed by atoms with E-state index < -0.39 is 0 Å². The molecule has 2 heteroatoms. The zero-order valence-electron chi connectivity index (χ0n) is 3.51. The van der Waals surface area contributed by atoms with E-state index in [1.165, 1.54) is 11.3 Å². The summed E-state index contributed by atoms with van der Waals surface area (Å²) in [6.07, 6.45) is 0.361. The molecular formula is C3H3NS. The lowest BCUT2D eigenvalue weighted by atomic mass is 11.0. The van der Waals surface area contributed by atoms with Crippen molar-refractivity contribution in [2.75, 3.05) is 0 Å². The standard InChI is InChI=1S/C3H3NS/c1-2-5-3-4-1/h1-3H/i1D. The summed E-state index contributed by atoms with van der Waals surface area (Å²) in [6.45, 7) is 0. The van der Waals surface area contributed by atoms with Gasteiger partial charge in [0.25, 0.3) is 0 Å². The van der Waals surface area contributed by atoms with Crippen LogP contribution >= 0.6 is 11.3 Å². The van der Waals surface area contributed by atoms with Crippen molar-refractivity contribution in [3.05, 3.63) is 17.1 Å². The normalized spacial score (nSPS) is 10.8. The fourth-order valence-electron chi connectivity index (χ4n) is 0.152. The topological polar surface area (TPSA) is 12.9 Å². The van der Waals surface area contributed by atoms with Crippen molar-refractivity contribution in [3.63, 3.8) is 0 Å². The number of hydrogen-bond acceptors (Lipinski definition) is 2. The van der Waals surface area contributed by atoms with Gasteiger partial charge in [0.15, 0.2) is 0 Å². The molecule has 0 aliphatic carbocycles. The Balaban J connectivity index is 3.05. The molecule has 0 aliphatic rings. The van der Waals surface area contributed by atoms with E-state index in [9.17, 15) is 0 Å². The fourth-order valence-corrected chi connectivity index (χ4v) is 0.456. The van der Waals surface area contributed by atoms with Crippen LogP contribution in [-0.4, -0.2) is 4.98 Å². The Morgan fingerprint density at radius 3 is 3.20 bits per heavy atom. The van der Waals surface area contributed by atoms with E-state index in [1.54, 1.807) is 10.9 Å². The molecule has 0 fully saturated rings. The Bertz CT molecular complexity index is 114. The zero-order chi connectivity index (χ0) is 4.41. The second-order valence-electron chi connectivity index (χ2n) is 0.618. The van der Waals surface area contributed by atoms with Gasteiger partial charge in [0.1, 0.15) is 0 Å². The summed E-state index contributed by atoms with van der Waals surface area (Å²) in [4.78, 5) is 3.60. The van der Waals surface area contributed by atoms with Crippen LogP contribution in [0.4, 0.5) is 0 Å². The van der Waals surface area contributed by atoms with Gasteiger partial charge in [-0.15, -0.1) is 11.3 Å². The molecular weight excluding hydrogens is 82.1 g/mol. The van der Waals surface area contributed by atoms with Crippen LogP contribution in [0.25, 0.3) is 0 Å². The highest BCUT2D eigenvalue weighted by Gasteiger charge is 1.59. The van der Waals surface area contributed by atoms with Crippen molar-refractivity contribution in [1.82, 2.24) is 4.98 Å². The summed E-state index contributed by atoms with van der Waals surface area (Å²) in [7, 11) is 0. The Labute approximate surface area is 35.7 Å². The average molecular weight is 86.1 g/mol. The van der Waals surface area contributed by atoms with Crippen LogP contribution < -0.4 is 0 Å². The molecule has 0 N–H and O–H groups in total. The van der Waals surface area contributed by atoms with Gasteiger partial charge in [0, 0.05) is 11.6 Å². The summed E-state index contributed by atoms with van der Waals surface area (Å²) in [5, 5.41) is 1.68. The minimum Gasteiger partial charge on any atom is -0.253 e. The first-order chi connectivity index (χ1) is 2.89. The van der Waals surface area contributed by atoms with Gasteiger partial charge in [-0.1, -0.05) is 0 Å². The maximum Gasteiger partial charge on any atom is 0.0849 e. The third-order valence-electron chi connectivity index (χ3n) is 0.309. The number of hydrogen-bond donors (Lipinski definition) is 0. The maximum atomic E-state index is 6.77. The third-order valence-corrected chi connectivity index (χ3v) is 0.777. The van der Waals surface area contributed by atoms with E-state index in [0.29, 0.717) is 6.17 Å². The molecule has 0 bridgehead atoms. The van der Waals surface area contributed by atoms with E-state index in [-0.39, 0.29) is 0 Å². The van der Waals surface area contributed by atoms with Gasteiger partial charge in [-0.05, 0) is 0 Å². The highest BCUT2D eigenvalue weighted by molar-refractivity contribution is 7.07. The predicted octanol–water partition coefficient (Wildman–Crippen LogP) is 1.14. The first-order valence-electron chi connectivity index (χ1n) is 1.74. The fraction of sp³-hybridized carbons (Fsp3) is 0. The van der Waals surface area contributed by atoms with Gasteiger partial charge in [-0.25, -0.2) is 0 Å². The van der Waals surface area contributed by atoms with Crippen LogP contribution in [0.15, 0.2) is 17.1 Å². The molecule has 0 spiro atoms. The van der Waals surface area contributed by atoms with Gasteiger partial charge in [0.2, 0.25) is 0 Å². The first-order valence-corrected chi connectivity index (χ1v) is 2.18. The first kappa shape index (κ1) is 1.92. The lowest BCUT2D eigenvalue weighted by Crippen LogP contribution is -1.38. The second-order valence-corrected chi connectivity index (χ2v) is 1.34. The van der Waals surface area contributed by atoms with Gasteiger partial charge < -0.3 is 0 Å². The van der Waals surface area contributed by atoms with Gasteiger partial charge in [0.05, 0.1) is 6.88 Å². The largest absolute Gasteiger partial charge is 0.253 e. The number of thiazole rings is 1. The number of aromatic nitrogens is 1. The monoisotopic (exact) mass is 86.0 g/mol. The molecule has 0 saturated carbocycles. The molecule has 0 amide bonds. The molecule has 26 valence electrons. The summed E-state index contributed by atoms with van der Waals surface area (Å²) in [5.74, 6) is 0. The van der Waals surface area contributed by atoms with E-state index in [4.69, 9.17) is 1.37 Å². The Morgan fingerprint density at radius 2 is 3.00 bits per heavy atom. The smallest absolute Gasteiger partial charge is 0.0849 e. The third kappa shape index (κ3) is 0.450. The lowest BCUT2D eigenvalue weighted by Gasteiger charge is -1.41. The van der Waals surface area contributed by atoms with Crippen LogP contribution in [0, 0.1) is 0 Å². The van der Waals surface area contributed by atoms with E-state index in [2.05, 4.69) is 4.98 Å². The van der Waals surface area contributed by atoms with Crippen LogP contribution in [0.2, 0.25) is 0 Å². The van der Waals surface area contributed by atoms with E-state index in [0.717, 1.165) is 0 Å². The number of rotatable bonds is 0. The van der Waals surface area contributed by atoms with Crippen molar-refractivity contribution < 1.29 is 1.37 Å². The van der Waals surface area contributed by atoms with Gasteiger partial charge in [-0.2, -0.15) is 0 Å². The van der Waals surface area contributed by atoms with Crippen LogP contribution in [0.1, 0.15) is 1.37 Å². The van der Waals surface area contributed by atoms with Crippen molar-refractivity contribution in [2.45, 2.75) is 0 Å². The minimum atomic E-state index is 0.361. The van der Waals surface area contributed by atoms with Crippen LogP contribution in [-0.2, 0) is 0 Å². The quantitative estimate of drug-likeness (QED) is 0.461. The average Bonchev–Trinajstić information content (AvgIpc) is 1.86.